The number of hydrogen-bond acceptors (Lipinski definition) is 3. The van der Waals surface area contributed by atoms with Crippen LogP contribution in [0.2, 0.25) is 0 Å². The normalized spacial score (nSPS) is 19.9. The minimum Gasteiger partial charge on any atom is -0.339 e. The lowest BCUT2D eigenvalue weighted by Crippen LogP contribution is -2.50. The molecule has 0 aliphatic carbocycles. The van der Waals surface area contributed by atoms with E-state index in [1.54, 1.807) is 12.1 Å². The molecule has 21 heavy (non-hydrogen) atoms. The number of carbonyl (C=O) groups is 1. The highest BCUT2D eigenvalue weighted by molar-refractivity contribution is 5.81. The van der Waals surface area contributed by atoms with Crippen LogP contribution >= 0.6 is 0 Å². The molecule has 0 unspecified atom stereocenters. The maximum atomic E-state index is 12.5. The first-order valence-corrected chi connectivity index (χ1v) is 7.64. The smallest absolute Gasteiger partial charge is 0.239 e. The molecule has 1 saturated heterocycles. The van der Waals surface area contributed by atoms with Gasteiger partial charge >= 0.3 is 0 Å². The van der Waals surface area contributed by atoms with Crippen molar-refractivity contribution in [2.45, 2.75) is 51.7 Å². The van der Waals surface area contributed by atoms with Gasteiger partial charge in [0.2, 0.25) is 5.91 Å². The van der Waals surface area contributed by atoms with E-state index in [0.717, 1.165) is 24.9 Å². The Kier molecular flexibility index (Phi) is 5.35. The molecule has 112 valence electrons. The van der Waals surface area contributed by atoms with E-state index in [9.17, 15) is 4.79 Å². The van der Waals surface area contributed by atoms with Gasteiger partial charge in [0.1, 0.15) is 0 Å². The Balaban J connectivity index is 1.87. The molecule has 1 fully saturated rings. The predicted molar refractivity (Wildman–Crippen MR) is 82.5 cm³/mol. The second kappa shape index (κ2) is 7.24. The Morgan fingerprint density at radius 3 is 2.76 bits per heavy atom. The Morgan fingerprint density at radius 2 is 2.14 bits per heavy atom. The summed E-state index contributed by atoms with van der Waals surface area (Å²) in [6.45, 7) is 5.57. The Bertz CT molecular complexity index is 518. The molecule has 1 heterocycles. The van der Waals surface area contributed by atoms with Crippen LogP contribution in [0.1, 0.15) is 44.2 Å². The van der Waals surface area contributed by atoms with Crippen molar-refractivity contribution in [1.82, 2.24) is 10.2 Å². The van der Waals surface area contributed by atoms with E-state index in [-0.39, 0.29) is 11.9 Å². The predicted octanol–water partition coefficient (Wildman–Crippen LogP) is 2.44. The lowest BCUT2D eigenvalue weighted by Gasteiger charge is -2.35. The summed E-state index contributed by atoms with van der Waals surface area (Å²) < 4.78 is 0. The van der Waals surface area contributed by atoms with Crippen molar-refractivity contribution in [2.24, 2.45) is 0 Å². The zero-order valence-corrected chi connectivity index (χ0v) is 12.8. The van der Waals surface area contributed by atoms with Crippen LogP contribution < -0.4 is 5.32 Å². The van der Waals surface area contributed by atoms with E-state index in [0.29, 0.717) is 18.2 Å². The topological polar surface area (TPSA) is 56.1 Å². The minimum absolute atomic E-state index is 0.179. The number of nitrogens with zero attached hydrogens (tertiary/aromatic N) is 2. The van der Waals surface area contributed by atoms with Gasteiger partial charge in [-0.15, -0.1) is 0 Å². The van der Waals surface area contributed by atoms with Crippen LogP contribution in [0.4, 0.5) is 0 Å². The quantitative estimate of drug-likeness (QED) is 0.924. The van der Waals surface area contributed by atoms with Gasteiger partial charge in [-0.1, -0.05) is 12.1 Å². The second-order valence-corrected chi connectivity index (χ2v) is 5.79. The molecular formula is C17H23N3O. The van der Waals surface area contributed by atoms with Gasteiger partial charge in [0, 0.05) is 19.1 Å². The molecule has 1 aromatic carbocycles. The zero-order chi connectivity index (χ0) is 15.2. The molecule has 2 rings (SSSR count). The number of nitrogens with one attached hydrogen (secondary N) is 1. The van der Waals surface area contributed by atoms with E-state index < -0.39 is 0 Å². The van der Waals surface area contributed by atoms with E-state index in [1.165, 1.54) is 6.42 Å². The van der Waals surface area contributed by atoms with Crippen molar-refractivity contribution in [1.29, 1.82) is 5.26 Å². The largest absolute Gasteiger partial charge is 0.339 e. The minimum atomic E-state index is -0.179. The number of amides is 1. The lowest BCUT2D eigenvalue weighted by atomic mass is 10.0. The van der Waals surface area contributed by atoms with Crippen LogP contribution in [0.15, 0.2) is 24.3 Å². The first-order valence-electron chi connectivity index (χ1n) is 7.64. The SMILES string of the molecule is C[C@H](NCc1ccc(C#N)cc1)C(=O)N1CCCC[C@@H]1C. The molecule has 1 aliphatic heterocycles. The van der Waals surface area contributed by atoms with Crippen LogP contribution in [-0.2, 0) is 11.3 Å². The molecule has 0 spiro atoms. The second-order valence-electron chi connectivity index (χ2n) is 5.79. The molecule has 0 radical (unpaired) electrons. The van der Waals surface area contributed by atoms with Gasteiger partial charge in [-0.2, -0.15) is 5.26 Å². The third-order valence-electron chi connectivity index (χ3n) is 4.15. The number of likely N-dealkylation sites (tertiary alicyclic amines) is 1. The summed E-state index contributed by atoms with van der Waals surface area (Å²) in [5.74, 6) is 0.191. The molecule has 1 amide bonds. The van der Waals surface area contributed by atoms with Crippen molar-refractivity contribution >= 4 is 5.91 Å². The average Bonchev–Trinajstić information content (AvgIpc) is 2.53. The van der Waals surface area contributed by atoms with Crippen molar-refractivity contribution < 1.29 is 4.79 Å². The number of nitriles is 1. The monoisotopic (exact) mass is 285 g/mol. The maximum absolute atomic E-state index is 12.5. The van der Waals surface area contributed by atoms with Crippen molar-refractivity contribution in [2.75, 3.05) is 6.54 Å². The fraction of sp³-hybridized carbons (Fsp3) is 0.529. The molecule has 1 aromatic rings. The van der Waals surface area contributed by atoms with E-state index in [4.69, 9.17) is 5.26 Å². The van der Waals surface area contributed by atoms with Crippen molar-refractivity contribution in [3.63, 3.8) is 0 Å². The number of rotatable bonds is 4. The molecule has 0 saturated carbocycles. The Hall–Kier alpha value is -1.86. The first-order chi connectivity index (χ1) is 10.1. The van der Waals surface area contributed by atoms with Crippen molar-refractivity contribution in [3.05, 3.63) is 35.4 Å². The maximum Gasteiger partial charge on any atom is 0.239 e. The summed E-state index contributed by atoms with van der Waals surface area (Å²) in [6, 6.07) is 9.73. The third kappa shape index (κ3) is 4.05. The number of carbonyl (C=O) groups excluding carboxylic acids is 1. The zero-order valence-electron chi connectivity index (χ0n) is 12.8. The summed E-state index contributed by atoms with van der Waals surface area (Å²) >= 11 is 0. The number of hydrogen-bond donors (Lipinski definition) is 1. The van der Waals surface area contributed by atoms with Crippen LogP contribution in [0.5, 0.6) is 0 Å². The van der Waals surface area contributed by atoms with Gasteiger partial charge in [0.25, 0.3) is 0 Å². The van der Waals surface area contributed by atoms with E-state index in [2.05, 4.69) is 18.3 Å². The summed E-state index contributed by atoms with van der Waals surface area (Å²) in [5.41, 5.74) is 1.74. The van der Waals surface area contributed by atoms with Crippen LogP contribution in [-0.4, -0.2) is 29.4 Å². The molecular weight excluding hydrogens is 262 g/mol. The van der Waals surface area contributed by atoms with Crippen LogP contribution in [0, 0.1) is 11.3 Å². The first kappa shape index (κ1) is 15.5. The van der Waals surface area contributed by atoms with Crippen molar-refractivity contribution in [3.8, 4) is 6.07 Å². The summed E-state index contributed by atoms with van der Waals surface area (Å²) in [6.07, 6.45) is 3.44. The van der Waals surface area contributed by atoms with Gasteiger partial charge in [0.15, 0.2) is 0 Å². The van der Waals surface area contributed by atoms with E-state index >= 15 is 0 Å². The summed E-state index contributed by atoms with van der Waals surface area (Å²) in [4.78, 5) is 14.5. The fourth-order valence-electron chi connectivity index (χ4n) is 2.73. The number of benzene rings is 1. The molecule has 0 bridgehead atoms. The third-order valence-corrected chi connectivity index (χ3v) is 4.15. The molecule has 0 aromatic heterocycles. The highest BCUT2D eigenvalue weighted by Gasteiger charge is 2.26. The number of piperidine rings is 1. The summed E-state index contributed by atoms with van der Waals surface area (Å²) in [7, 11) is 0. The molecule has 1 N–H and O–H groups in total. The molecule has 1 aliphatic rings. The van der Waals surface area contributed by atoms with Gasteiger partial charge in [0.05, 0.1) is 17.7 Å². The Labute approximate surface area is 126 Å². The van der Waals surface area contributed by atoms with Gasteiger partial charge in [-0.05, 0) is 50.8 Å². The molecule has 4 nitrogen and oxygen atoms in total. The summed E-state index contributed by atoms with van der Waals surface area (Å²) in [5, 5.41) is 12.1. The lowest BCUT2D eigenvalue weighted by molar-refractivity contribution is -0.136. The van der Waals surface area contributed by atoms with Gasteiger partial charge in [-0.3, -0.25) is 4.79 Å². The highest BCUT2D eigenvalue weighted by atomic mass is 16.2. The highest BCUT2D eigenvalue weighted by Crippen LogP contribution is 2.17. The van der Waals surface area contributed by atoms with Crippen LogP contribution in [0.3, 0.4) is 0 Å². The standard InChI is InChI=1S/C17H23N3O/c1-13-5-3-4-10-20(13)17(21)14(2)19-12-16-8-6-15(11-18)7-9-16/h6-9,13-14,19H,3-5,10,12H2,1-2H3/t13-,14-/m0/s1. The fourth-order valence-corrected chi connectivity index (χ4v) is 2.73. The molecule has 4 heteroatoms. The van der Waals surface area contributed by atoms with Gasteiger partial charge in [-0.25, -0.2) is 0 Å². The average molecular weight is 285 g/mol. The Morgan fingerprint density at radius 1 is 1.43 bits per heavy atom. The van der Waals surface area contributed by atoms with Gasteiger partial charge < -0.3 is 10.2 Å². The van der Waals surface area contributed by atoms with E-state index in [1.807, 2.05) is 24.0 Å². The molecule has 2 atom stereocenters. The van der Waals surface area contributed by atoms with Crippen LogP contribution in [0.25, 0.3) is 0 Å².